The number of furan rings is 1. The van der Waals surface area contributed by atoms with Crippen LogP contribution in [0.25, 0.3) is 32.6 Å². The molecule has 0 fully saturated rings. The SMILES string of the molecule is O=c1[nH]c(/C(Cl)=C/c2cccs2)nc2scc(-c3ccco3)c12. The lowest BCUT2D eigenvalue weighted by Gasteiger charge is -2.00. The fraction of sp³-hybridized carbons (Fsp3) is 0. The Morgan fingerprint density at radius 3 is 2.96 bits per heavy atom. The molecule has 0 saturated heterocycles. The third-order valence-electron chi connectivity index (χ3n) is 3.27. The molecule has 4 aromatic heterocycles. The highest BCUT2D eigenvalue weighted by atomic mass is 35.5. The van der Waals surface area contributed by atoms with Gasteiger partial charge in [-0.3, -0.25) is 4.79 Å². The number of nitrogens with one attached hydrogen (secondary N) is 1. The van der Waals surface area contributed by atoms with Gasteiger partial charge >= 0.3 is 0 Å². The Balaban J connectivity index is 1.85. The maximum absolute atomic E-state index is 12.5. The molecule has 4 rings (SSSR count). The van der Waals surface area contributed by atoms with Crippen LogP contribution in [0.2, 0.25) is 0 Å². The molecule has 114 valence electrons. The summed E-state index contributed by atoms with van der Waals surface area (Å²) in [6, 6.07) is 7.49. The van der Waals surface area contributed by atoms with Crippen molar-refractivity contribution in [2.75, 3.05) is 0 Å². The lowest BCUT2D eigenvalue weighted by atomic mass is 10.2. The van der Waals surface area contributed by atoms with Gasteiger partial charge in [0.25, 0.3) is 5.56 Å². The largest absolute Gasteiger partial charge is 0.464 e. The van der Waals surface area contributed by atoms with Gasteiger partial charge in [-0.1, -0.05) is 17.7 Å². The van der Waals surface area contributed by atoms with Gasteiger partial charge in [-0.15, -0.1) is 22.7 Å². The number of aromatic nitrogens is 2. The van der Waals surface area contributed by atoms with E-state index in [4.69, 9.17) is 16.0 Å². The first-order valence-corrected chi connectivity index (χ1v) is 8.82. The summed E-state index contributed by atoms with van der Waals surface area (Å²) in [5, 5.41) is 4.75. The second kappa shape index (κ2) is 5.81. The van der Waals surface area contributed by atoms with Crippen molar-refractivity contribution in [1.82, 2.24) is 9.97 Å². The fourth-order valence-electron chi connectivity index (χ4n) is 2.24. The Morgan fingerprint density at radius 2 is 2.22 bits per heavy atom. The molecule has 4 aromatic rings. The smallest absolute Gasteiger partial charge is 0.260 e. The van der Waals surface area contributed by atoms with E-state index in [-0.39, 0.29) is 5.56 Å². The number of aromatic amines is 1. The van der Waals surface area contributed by atoms with Crippen molar-refractivity contribution in [3.63, 3.8) is 0 Å². The highest BCUT2D eigenvalue weighted by molar-refractivity contribution is 7.17. The Hall–Kier alpha value is -2.15. The number of hydrogen-bond donors (Lipinski definition) is 1. The molecular formula is C16H9ClN2O2S2. The second-order valence-electron chi connectivity index (χ2n) is 4.73. The zero-order valence-electron chi connectivity index (χ0n) is 11.6. The molecule has 7 heteroatoms. The van der Waals surface area contributed by atoms with Crippen LogP contribution in [0.3, 0.4) is 0 Å². The van der Waals surface area contributed by atoms with E-state index in [0.29, 0.717) is 26.8 Å². The van der Waals surface area contributed by atoms with E-state index in [1.165, 1.54) is 11.3 Å². The summed E-state index contributed by atoms with van der Waals surface area (Å²) in [5.74, 6) is 1.02. The molecule has 0 aliphatic rings. The van der Waals surface area contributed by atoms with Crippen molar-refractivity contribution < 1.29 is 4.42 Å². The molecule has 0 atom stereocenters. The van der Waals surface area contributed by atoms with Gasteiger partial charge in [0.1, 0.15) is 10.6 Å². The van der Waals surface area contributed by atoms with Gasteiger partial charge in [0.05, 0.1) is 16.7 Å². The Bertz CT molecular complexity index is 1040. The predicted molar refractivity (Wildman–Crippen MR) is 96.0 cm³/mol. The molecule has 0 bridgehead atoms. The first kappa shape index (κ1) is 14.4. The summed E-state index contributed by atoms with van der Waals surface area (Å²) in [7, 11) is 0. The molecule has 0 amide bonds. The van der Waals surface area contributed by atoms with Gasteiger partial charge in [0.2, 0.25) is 0 Å². The van der Waals surface area contributed by atoms with Gasteiger partial charge in [0.15, 0.2) is 5.82 Å². The monoisotopic (exact) mass is 360 g/mol. The summed E-state index contributed by atoms with van der Waals surface area (Å²) >= 11 is 9.25. The van der Waals surface area contributed by atoms with E-state index in [0.717, 1.165) is 10.4 Å². The zero-order chi connectivity index (χ0) is 15.8. The molecule has 4 nitrogen and oxygen atoms in total. The summed E-state index contributed by atoms with van der Waals surface area (Å²) < 4.78 is 5.38. The van der Waals surface area contributed by atoms with Crippen LogP contribution in [0.4, 0.5) is 0 Å². The van der Waals surface area contributed by atoms with Crippen LogP contribution in [-0.2, 0) is 0 Å². The number of rotatable bonds is 3. The van der Waals surface area contributed by atoms with Crippen LogP contribution in [0, 0.1) is 0 Å². The average Bonchev–Trinajstić information content (AvgIpc) is 3.27. The van der Waals surface area contributed by atoms with Gasteiger partial charge in [-0.05, 0) is 29.7 Å². The van der Waals surface area contributed by atoms with Crippen molar-refractivity contribution in [3.8, 4) is 11.3 Å². The van der Waals surface area contributed by atoms with Crippen LogP contribution in [-0.4, -0.2) is 9.97 Å². The molecule has 0 aliphatic carbocycles. The van der Waals surface area contributed by atoms with Gasteiger partial charge in [0, 0.05) is 15.8 Å². The molecule has 0 radical (unpaired) electrons. The molecule has 0 aliphatic heterocycles. The molecular weight excluding hydrogens is 352 g/mol. The van der Waals surface area contributed by atoms with E-state index < -0.39 is 0 Å². The van der Waals surface area contributed by atoms with E-state index in [1.54, 1.807) is 29.7 Å². The normalized spacial score (nSPS) is 12.1. The van der Waals surface area contributed by atoms with Crippen molar-refractivity contribution in [2.45, 2.75) is 0 Å². The van der Waals surface area contributed by atoms with Crippen LogP contribution in [0.15, 0.2) is 50.5 Å². The van der Waals surface area contributed by atoms with Crippen LogP contribution in [0.1, 0.15) is 10.7 Å². The molecule has 1 N–H and O–H groups in total. The third-order valence-corrected chi connectivity index (χ3v) is 5.25. The number of hydrogen-bond acceptors (Lipinski definition) is 5. The average molecular weight is 361 g/mol. The van der Waals surface area contributed by atoms with Crippen LogP contribution >= 0.6 is 34.3 Å². The summed E-state index contributed by atoms with van der Waals surface area (Å²) in [4.78, 5) is 21.3. The van der Waals surface area contributed by atoms with Gasteiger partial charge in [-0.2, -0.15) is 0 Å². The third kappa shape index (κ3) is 2.65. The van der Waals surface area contributed by atoms with Crippen molar-refractivity contribution in [1.29, 1.82) is 0 Å². The number of H-pyrrole nitrogens is 1. The molecule has 23 heavy (non-hydrogen) atoms. The predicted octanol–water partition coefficient (Wildman–Crippen LogP) is 5.04. The number of thiophene rings is 2. The van der Waals surface area contributed by atoms with E-state index in [2.05, 4.69) is 9.97 Å². The minimum absolute atomic E-state index is 0.227. The quantitative estimate of drug-likeness (QED) is 0.556. The highest BCUT2D eigenvalue weighted by Gasteiger charge is 2.15. The minimum atomic E-state index is -0.227. The maximum Gasteiger partial charge on any atom is 0.260 e. The molecule has 0 spiro atoms. The Morgan fingerprint density at radius 1 is 1.30 bits per heavy atom. The molecule has 0 aromatic carbocycles. The van der Waals surface area contributed by atoms with Crippen molar-refractivity contribution in [3.05, 3.63) is 62.3 Å². The first-order chi connectivity index (χ1) is 11.2. The minimum Gasteiger partial charge on any atom is -0.464 e. The lowest BCUT2D eigenvalue weighted by Crippen LogP contribution is -2.10. The number of fused-ring (bicyclic) bond motifs is 1. The zero-order valence-corrected chi connectivity index (χ0v) is 14.0. The maximum atomic E-state index is 12.5. The summed E-state index contributed by atoms with van der Waals surface area (Å²) in [6.45, 7) is 0. The Kier molecular flexibility index (Phi) is 3.65. The molecule has 0 unspecified atom stereocenters. The standard InChI is InChI=1S/C16H9ClN2O2S2/c17-11(7-9-3-2-6-22-9)14-18-15(20)13-10(8-23-16(13)19-14)12-4-1-5-21-12/h1-8H,(H,18,19,20)/b11-7-. The fourth-order valence-corrected chi connectivity index (χ4v) is 4.10. The second-order valence-corrected chi connectivity index (χ2v) is 6.97. The van der Waals surface area contributed by atoms with E-state index in [9.17, 15) is 4.79 Å². The number of nitrogens with zero attached hydrogens (tertiary/aromatic N) is 1. The summed E-state index contributed by atoms with van der Waals surface area (Å²) in [6.07, 6.45) is 3.37. The topological polar surface area (TPSA) is 58.9 Å². The van der Waals surface area contributed by atoms with E-state index >= 15 is 0 Å². The van der Waals surface area contributed by atoms with E-state index in [1.807, 2.05) is 29.0 Å². The van der Waals surface area contributed by atoms with Crippen LogP contribution in [0.5, 0.6) is 0 Å². The Labute approximate surface area is 143 Å². The highest BCUT2D eigenvalue weighted by Crippen LogP contribution is 2.32. The summed E-state index contributed by atoms with van der Waals surface area (Å²) in [5.41, 5.74) is 0.518. The molecule has 0 saturated carbocycles. The molecule has 4 heterocycles. The first-order valence-electron chi connectivity index (χ1n) is 6.69. The number of halogens is 1. The van der Waals surface area contributed by atoms with Gasteiger partial charge in [-0.25, -0.2) is 4.98 Å². The lowest BCUT2D eigenvalue weighted by molar-refractivity contribution is 0.583. The van der Waals surface area contributed by atoms with Crippen molar-refractivity contribution >= 4 is 55.6 Å². The van der Waals surface area contributed by atoms with Crippen LogP contribution < -0.4 is 5.56 Å². The van der Waals surface area contributed by atoms with Gasteiger partial charge < -0.3 is 9.40 Å². The van der Waals surface area contributed by atoms with Crippen molar-refractivity contribution in [2.24, 2.45) is 0 Å².